The molecule has 7 heteroatoms. The smallest absolute Gasteiger partial charge is 0.267 e. The highest BCUT2D eigenvalue weighted by Crippen LogP contribution is 2.26. The molecule has 1 aliphatic carbocycles. The number of nitrogens with one attached hydrogen (secondary N) is 1. The van der Waals surface area contributed by atoms with Crippen LogP contribution in [0, 0.1) is 5.92 Å². The molecule has 0 spiro atoms. The zero-order chi connectivity index (χ0) is 16.2. The summed E-state index contributed by atoms with van der Waals surface area (Å²) < 4.78 is 7.44. The molecule has 2 heterocycles. The van der Waals surface area contributed by atoms with Gasteiger partial charge < -0.3 is 10.1 Å². The minimum Gasteiger partial charge on any atom is -0.376 e. The van der Waals surface area contributed by atoms with Crippen molar-refractivity contribution >= 4 is 17.7 Å². The fourth-order valence-corrected chi connectivity index (χ4v) is 4.09. The molecule has 1 amide bonds. The Morgan fingerprint density at radius 1 is 1.48 bits per heavy atom. The molecule has 0 bridgehead atoms. The van der Waals surface area contributed by atoms with Crippen LogP contribution in [0.2, 0.25) is 0 Å². The second kappa shape index (κ2) is 7.49. The number of nitrogens with zero attached hydrogens (tertiary/aromatic N) is 2. The molecule has 1 aromatic heterocycles. The summed E-state index contributed by atoms with van der Waals surface area (Å²) >= 11 is 1.54. The molecule has 1 saturated carbocycles. The Kier molecular flexibility index (Phi) is 5.38. The SMILES string of the molecule is C[C@@H]1CCCC[C@@H]1OCCNC(=O)c1cnc2n(c1=O)CCS2. The summed E-state index contributed by atoms with van der Waals surface area (Å²) in [5.41, 5.74) is -0.137. The lowest BCUT2D eigenvalue weighted by molar-refractivity contribution is -0.00294. The number of ether oxygens (including phenoxy) is 1. The number of hydrogen-bond acceptors (Lipinski definition) is 5. The molecular formula is C16H23N3O3S. The van der Waals surface area contributed by atoms with Gasteiger partial charge in [0.15, 0.2) is 5.16 Å². The first-order chi connectivity index (χ1) is 11.2. The van der Waals surface area contributed by atoms with E-state index in [4.69, 9.17) is 4.74 Å². The Morgan fingerprint density at radius 3 is 3.13 bits per heavy atom. The highest BCUT2D eigenvalue weighted by atomic mass is 32.2. The van der Waals surface area contributed by atoms with Crippen molar-refractivity contribution in [2.45, 2.75) is 50.4 Å². The molecule has 1 aliphatic heterocycles. The van der Waals surface area contributed by atoms with Crippen LogP contribution in [0.3, 0.4) is 0 Å². The summed E-state index contributed by atoms with van der Waals surface area (Å²) in [6, 6.07) is 0. The van der Waals surface area contributed by atoms with E-state index in [0.717, 1.165) is 12.2 Å². The van der Waals surface area contributed by atoms with E-state index in [-0.39, 0.29) is 17.0 Å². The van der Waals surface area contributed by atoms with E-state index >= 15 is 0 Å². The van der Waals surface area contributed by atoms with Gasteiger partial charge in [-0.15, -0.1) is 0 Å². The number of carbonyl (C=O) groups excluding carboxylic acids is 1. The molecule has 2 aliphatic rings. The van der Waals surface area contributed by atoms with E-state index in [9.17, 15) is 9.59 Å². The summed E-state index contributed by atoms with van der Waals surface area (Å²) in [6.45, 7) is 3.74. The molecule has 0 aromatic carbocycles. The van der Waals surface area contributed by atoms with Crippen LogP contribution in [0.4, 0.5) is 0 Å². The van der Waals surface area contributed by atoms with Gasteiger partial charge in [0.25, 0.3) is 11.5 Å². The first kappa shape index (κ1) is 16.5. The number of fused-ring (bicyclic) bond motifs is 1. The number of carbonyl (C=O) groups is 1. The summed E-state index contributed by atoms with van der Waals surface area (Å²) in [7, 11) is 0. The Morgan fingerprint density at radius 2 is 2.30 bits per heavy atom. The van der Waals surface area contributed by atoms with Crippen molar-refractivity contribution in [2.75, 3.05) is 18.9 Å². The molecule has 23 heavy (non-hydrogen) atoms. The molecule has 1 N–H and O–H groups in total. The van der Waals surface area contributed by atoms with Gasteiger partial charge in [-0.1, -0.05) is 31.5 Å². The predicted octanol–water partition coefficient (Wildman–Crippen LogP) is 1.67. The normalized spacial score (nSPS) is 23.5. The molecule has 2 atom stereocenters. The molecule has 1 aromatic rings. The van der Waals surface area contributed by atoms with Crippen LogP contribution in [0.5, 0.6) is 0 Å². The Labute approximate surface area is 140 Å². The third kappa shape index (κ3) is 3.77. The largest absolute Gasteiger partial charge is 0.376 e. The fraction of sp³-hybridized carbons (Fsp3) is 0.688. The lowest BCUT2D eigenvalue weighted by Gasteiger charge is -2.28. The molecule has 0 unspecified atom stereocenters. The minimum absolute atomic E-state index is 0.113. The van der Waals surface area contributed by atoms with Gasteiger partial charge in [0, 0.05) is 25.0 Å². The van der Waals surface area contributed by atoms with Gasteiger partial charge in [0.05, 0.1) is 12.7 Å². The van der Waals surface area contributed by atoms with Crippen LogP contribution in [0.1, 0.15) is 43.0 Å². The van der Waals surface area contributed by atoms with Crippen LogP contribution < -0.4 is 10.9 Å². The number of aromatic nitrogens is 2. The van der Waals surface area contributed by atoms with Gasteiger partial charge in [-0.2, -0.15) is 0 Å². The summed E-state index contributed by atoms with van der Waals surface area (Å²) in [6.07, 6.45) is 6.49. The highest BCUT2D eigenvalue weighted by molar-refractivity contribution is 7.99. The summed E-state index contributed by atoms with van der Waals surface area (Å²) in [5, 5.41) is 3.46. The molecular weight excluding hydrogens is 314 g/mol. The number of thioether (sulfide) groups is 1. The zero-order valence-corrected chi connectivity index (χ0v) is 14.2. The quantitative estimate of drug-likeness (QED) is 0.654. The van der Waals surface area contributed by atoms with Crippen molar-refractivity contribution in [3.8, 4) is 0 Å². The zero-order valence-electron chi connectivity index (χ0n) is 13.4. The van der Waals surface area contributed by atoms with E-state index in [1.165, 1.54) is 25.5 Å². The lowest BCUT2D eigenvalue weighted by atomic mass is 9.88. The monoisotopic (exact) mass is 337 g/mol. The first-order valence-electron chi connectivity index (χ1n) is 8.29. The molecule has 0 saturated heterocycles. The van der Waals surface area contributed by atoms with Gasteiger partial charge in [0.1, 0.15) is 5.56 Å². The highest BCUT2D eigenvalue weighted by Gasteiger charge is 2.22. The summed E-state index contributed by atoms with van der Waals surface area (Å²) in [4.78, 5) is 28.6. The van der Waals surface area contributed by atoms with Crippen molar-refractivity contribution in [3.63, 3.8) is 0 Å². The van der Waals surface area contributed by atoms with Crippen LogP contribution >= 0.6 is 11.8 Å². The van der Waals surface area contributed by atoms with E-state index < -0.39 is 0 Å². The standard InChI is InChI=1S/C16H23N3O3S/c1-11-4-2-3-5-13(11)22-8-6-17-14(20)12-10-18-16-19(15(12)21)7-9-23-16/h10-11,13H,2-9H2,1H3,(H,17,20)/t11-,13+/m1/s1. The fourth-order valence-electron chi connectivity index (χ4n) is 3.17. The predicted molar refractivity (Wildman–Crippen MR) is 88.9 cm³/mol. The van der Waals surface area contributed by atoms with Crippen LogP contribution in [-0.2, 0) is 11.3 Å². The van der Waals surface area contributed by atoms with Crippen LogP contribution in [0.15, 0.2) is 16.1 Å². The van der Waals surface area contributed by atoms with Crippen molar-refractivity contribution < 1.29 is 9.53 Å². The topological polar surface area (TPSA) is 73.2 Å². The number of rotatable bonds is 5. The molecule has 1 fully saturated rings. The van der Waals surface area contributed by atoms with Crippen molar-refractivity contribution in [1.82, 2.24) is 14.9 Å². The average Bonchev–Trinajstić information content (AvgIpc) is 3.03. The van der Waals surface area contributed by atoms with Gasteiger partial charge in [-0.05, 0) is 18.8 Å². The van der Waals surface area contributed by atoms with Crippen molar-refractivity contribution in [1.29, 1.82) is 0 Å². The van der Waals surface area contributed by atoms with Gasteiger partial charge >= 0.3 is 0 Å². The number of amides is 1. The Hall–Kier alpha value is -1.34. The first-order valence-corrected chi connectivity index (χ1v) is 9.28. The van der Waals surface area contributed by atoms with Gasteiger partial charge in [0.2, 0.25) is 0 Å². The van der Waals surface area contributed by atoms with Gasteiger partial charge in [-0.3, -0.25) is 14.2 Å². The third-order valence-corrected chi connectivity index (χ3v) is 5.52. The van der Waals surface area contributed by atoms with E-state index in [0.29, 0.717) is 36.9 Å². The van der Waals surface area contributed by atoms with E-state index in [2.05, 4.69) is 17.2 Å². The van der Waals surface area contributed by atoms with Crippen LogP contribution in [-0.4, -0.2) is 40.5 Å². The van der Waals surface area contributed by atoms with Crippen molar-refractivity contribution in [2.24, 2.45) is 5.92 Å². The van der Waals surface area contributed by atoms with Crippen molar-refractivity contribution in [3.05, 3.63) is 22.1 Å². The second-order valence-electron chi connectivity index (χ2n) is 6.19. The van der Waals surface area contributed by atoms with Crippen LogP contribution in [0.25, 0.3) is 0 Å². The molecule has 6 nitrogen and oxygen atoms in total. The number of hydrogen-bond donors (Lipinski definition) is 1. The van der Waals surface area contributed by atoms with E-state index in [1.54, 1.807) is 16.3 Å². The lowest BCUT2D eigenvalue weighted by Crippen LogP contribution is -2.36. The Balaban J connectivity index is 1.49. The van der Waals surface area contributed by atoms with Gasteiger partial charge in [-0.25, -0.2) is 4.98 Å². The average molecular weight is 337 g/mol. The minimum atomic E-state index is -0.366. The third-order valence-electron chi connectivity index (χ3n) is 4.55. The molecule has 0 radical (unpaired) electrons. The van der Waals surface area contributed by atoms with E-state index in [1.807, 2.05) is 0 Å². The maximum Gasteiger partial charge on any atom is 0.267 e. The molecule has 3 rings (SSSR count). The summed E-state index contributed by atoms with van der Waals surface area (Å²) in [5.74, 6) is 1.05. The maximum atomic E-state index is 12.2. The second-order valence-corrected chi connectivity index (χ2v) is 7.25. The maximum absolute atomic E-state index is 12.2. The Bertz CT molecular complexity index is 631. The molecule has 126 valence electrons.